The molecule has 0 aromatic heterocycles. The van der Waals surface area contributed by atoms with E-state index in [0.717, 1.165) is 19.5 Å². The second-order valence-electron chi connectivity index (χ2n) is 3.71. The van der Waals surface area contributed by atoms with Gasteiger partial charge in [0.15, 0.2) is 0 Å². The first-order valence-electron chi connectivity index (χ1n) is 5.44. The lowest BCUT2D eigenvalue weighted by atomic mass is 9.95. The maximum Gasteiger partial charge on any atom is 0.243 e. The fraction of sp³-hybridized carbons (Fsp3) is 0.900. The van der Waals surface area contributed by atoms with Crippen LogP contribution in [-0.4, -0.2) is 25.6 Å². The summed E-state index contributed by atoms with van der Waals surface area (Å²) in [7, 11) is 0. The monoisotopic (exact) mass is 200 g/mol. The van der Waals surface area contributed by atoms with Gasteiger partial charge in [0.2, 0.25) is 5.91 Å². The Bertz CT molecular complexity index is 168. The van der Waals surface area contributed by atoms with Crippen molar-refractivity contribution in [3.8, 4) is 0 Å². The van der Waals surface area contributed by atoms with Crippen LogP contribution in [0.3, 0.4) is 0 Å². The molecule has 1 aliphatic rings. The van der Waals surface area contributed by atoms with Gasteiger partial charge in [0, 0.05) is 6.42 Å². The Morgan fingerprint density at radius 1 is 1.64 bits per heavy atom. The van der Waals surface area contributed by atoms with Gasteiger partial charge in [-0.05, 0) is 45.2 Å². The summed E-state index contributed by atoms with van der Waals surface area (Å²) in [6, 6.07) is 0. The van der Waals surface area contributed by atoms with Crippen molar-refractivity contribution in [2.24, 2.45) is 5.92 Å². The number of nitrogens with one attached hydrogen (secondary N) is 2. The van der Waals surface area contributed by atoms with Gasteiger partial charge in [-0.15, -0.1) is 0 Å². The van der Waals surface area contributed by atoms with Gasteiger partial charge in [0.25, 0.3) is 0 Å². The lowest BCUT2D eigenvalue weighted by Gasteiger charge is -2.22. The van der Waals surface area contributed by atoms with Gasteiger partial charge < -0.3 is 5.32 Å². The van der Waals surface area contributed by atoms with Gasteiger partial charge in [-0.25, -0.2) is 5.48 Å². The number of carbonyl (C=O) groups is 1. The molecule has 0 saturated carbocycles. The number of hydroxylamine groups is 1. The average molecular weight is 200 g/mol. The largest absolute Gasteiger partial charge is 0.316 e. The number of hydrogen-bond acceptors (Lipinski definition) is 3. The average Bonchev–Trinajstić information content (AvgIpc) is 2.25. The Hall–Kier alpha value is -0.610. The van der Waals surface area contributed by atoms with E-state index in [0.29, 0.717) is 18.9 Å². The summed E-state index contributed by atoms with van der Waals surface area (Å²) in [5.74, 6) is 0.661. The minimum absolute atomic E-state index is 0.00239. The quantitative estimate of drug-likeness (QED) is 0.646. The second kappa shape index (κ2) is 6.79. The zero-order valence-corrected chi connectivity index (χ0v) is 8.84. The van der Waals surface area contributed by atoms with Gasteiger partial charge >= 0.3 is 0 Å². The summed E-state index contributed by atoms with van der Waals surface area (Å²) >= 11 is 0. The van der Waals surface area contributed by atoms with E-state index in [2.05, 4.69) is 10.8 Å². The normalized spacial score (nSPS) is 21.9. The van der Waals surface area contributed by atoms with Crippen molar-refractivity contribution < 1.29 is 9.63 Å². The van der Waals surface area contributed by atoms with Crippen molar-refractivity contribution in [1.29, 1.82) is 0 Å². The summed E-state index contributed by atoms with van der Waals surface area (Å²) < 4.78 is 0. The summed E-state index contributed by atoms with van der Waals surface area (Å²) in [5.41, 5.74) is 2.41. The van der Waals surface area contributed by atoms with Gasteiger partial charge in [0.1, 0.15) is 0 Å². The minimum atomic E-state index is -0.00239. The summed E-state index contributed by atoms with van der Waals surface area (Å²) in [5, 5.41) is 3.34. The highest BCUT2D eigenvalue weighted by Gasteiger charge is 2.14. The van der Waals surface area contributed by atoms with Crippen molar-refractivity contribution in [1.82, 2.24) is 10.8 Å². The van der Waals surface area contributed by atoms with Crippen LogP contribution in [0.1, 0.15) is 32.6 Å². The van der Waals surface area contributed by atoms with Crippen LogP contribution in [0.5, 0.6) is 0 Å². The minimum Gasteiger partial charge on any atom is -0.316 e. The predicted molar refractivity (Wildman–Crippen MR) is 54.6 cm³/mol. The Labute approximate surface area is 85.3 Å². The molecule has 1 saturated heterocycles. The third-order valence-electron chi connectivity index (χ3n) is 2.51. The molecule has 1 aliphatic heterocycles. The molecule has 1 heterocycles. The van der Waals surface area contributed by atoms with Gasteiger partial charge in [-0.2, -0.15) is 0 Å². The molecule has 1 rings (SSSR count). The molecule has 1 amide bonds. The predicted octanol–water partition coefficient (Wildman–Crippen LogP) is 0.834. The highest BCUT2D eigenvalue weighted by Crippen LogP contribution is 2.15. The summed E-state index contributed by atoms with van der Waals surface area (Å²) in [6.07, 6.45) is 4.02. The van der Waals surface area contributed by atoms with Crippen LogP contribution in [0.2, 0.25) is 0 Å². The molecule has 1 fully saturated rings. The summed E-state index contributed by atoms with van der Waals surface area (Å²) in [6.45, 7) is 4.56. The third kappa shape index (κ3) is 4.58. The Kier molecular flexibility index (Phi) is 5.56. The lowest BCUT2D eigenvalue weighted by molar-refractivity contribution is -0.133. The first-order valence-corrected chi connectivity index (χ1v) is 5.44. The zero-order valence-electron chi connectivity index (χ0n) is 8.84. The second-order valence-corrected chi connectivity index (χ2v) is 3.71. The summed E-state index contributed by atoms with van der Waals surface area (Å²) in [4.78, 5) is 16.0. The van der Waals surface area contributed by atoms with Crippen molar-refractivity contribution in [3.63, 3.8) is 0 Å². The van der Waals surface area contributed by atoms with E-state index in [1.54, 1.807) is 0 Å². The van der Waals surface area contributed by atoms with E-state index in [1.165, 1.54) is 12.8 Å². The molecule has 1 atom stereocenters. The highest BCUT2D eigenvalue weighted by atomic mass is 16.6. The van der Waals surface area contributed by atoms with Crippen molar-refractivity contribution in [3.05, 3.63) is 0 Å². The Balaban J connectivity index is 2.03. The van der Waals surface area contributed by atoms with Crippen LogP contribution in [0.15, 0.2) is 0 Å². The number of amides is 1. The van der Waals surface area contributed by atoms with Crippen LogP contribution in [-0.2, 0) is 9.63 Å². The SMILES string of the molecule is CCONC(=O)CCC1CCCNC1. The van der Waals surface area contributed by atoms with E-state index in [9.17, 15) is 4.79 Å². The Morgan fingerprint density at radius 2 is 2.50 bits per heavy atom. The van der Waals surface area contributed by atoms with Crippen LogP contribution in [0.4, 0.5) is 0 Å². The number of carbonyl (C=O) groups excluding carboxylic acids is 1. The van der Waals surface area contributed by atoms with Gasteiger partial charge in [0.05, 0.1) is 6.61 Å². The standard InChI is InChI=1S/C10H20N2O2/c1-2-14-12-10(13)6-5-9-4-3-7-11-8-9/h9,11H,2-8H2,1H3,(H,12,13). The molecule has 0 aromatic carbocycles. The topological polar surface area (TPSA) is 50.4 Å². The van der Waals surface area contributed by atoms with E-state index >= 15 is 0 Å². The molecule has 0 radical (unpaired) electrons. The fourth-order valence-electron chi connectivity index (χ4n) is 1.71. The molecule has 4 nitrogen and oxygen atoms in total. The zero-order chi connectivity index (χ0) is 10.2. The van der Waals surface area contributed by atoms with Crippen molar-refractivity contribution in [2.75, 3.05) is 19.7 Å². The molecule has 0 aliphatic carbocycles. The van der Waals surface area contributed by atoms with Gasteiger partial charge in [-0.1, -0.05) is 0 Å². The smallest absolute Gasteiger partial charge is 0.243 e. The molecule has 2 N–H and O–H groups in total. The van der Waals surface area contributed by atoms with Gasteiger partial charge in [-0.3, -0.25) is 9.63 Å². The highest BCUT2D eigenvalue weighted by molar-refractivity contribution is 5.74. The molecule has 82 valence electrons. The van der Waals surface area contributed by atoms with Crippen molar-refractivity contribution >= 4 is 5.91 Å². The number of piperidine rings is 1. The van der Waals surface area contributed by atoms with Crippen LogP contribution >= 0.6 is 0 Å². The first-order chi connectivity index (χ1) is 6.83. The van der Waals surface area contributed by atoms with Crippen molar-refractivity contribution in [2.45, 2.75) is 32.6 Å². The Morgan fingerprint density at radius 3 is 3.14 bits per heavy atom. The molecule has 1 unspecified atom stereocenters. The third-order valence-corrected chi connectivity index (χ3v) is 2.51. The van der Waals surface area contributed by atoms with Crippen LogP contribution in [0.25, 0.3) is 0 Å². The lowest BCUT2D eigenvalue weighted by Crippen LogP contribution is -2.31. The molecule has 0 bridgehead atoms. The van der Waals surface area contributed by atoms with Crippen LogP contribution in [0, 0.1) is 5.92 Å². The maximum atomic E-state index is 11.2. The molecular weight excluding hydrogens is 180 g/mol. The molecule has 0 aromatic rings. The maximum absolute atomic E-state index is 11.2. The number of hydrogen-bond donors (Lipinski definition) is 2. The molecular formula is C10H20N2O2. The first kappa shape index (κ1) is 11.5. The van der Waals surface area contributed by atoms with E-state index in [4.69, 9.17) is 4.84 Å². The fourth-order valence-corrected chi connectivity index (χ4v) is 1.71. The molecule has 14 heavy (non-hydrogen) atoms. The van der Waals surface area contributed by atoms with E-state index in [1.807, 2.05) is 6.92 Å². The molecule has 4 heteroatoms. The van der Waals surface area contributed by atoms with E-state index in [-0.39, 0.29) is 5.91 Å². The van der Waals surface area contributed by atoms with E-state index < -0.39 is 0 Å². The number of rotatable bonds is 5. The molecule has 0 spiro atoms. The van der Waals surface area contributed by atoms with Crippen LogP contribution < -0.4 is 10.8 Å².